The van der Waals surface area contributed by atoms with Crippen LogP contribution in [0.4, 0.5) is 5.69 Å². The van der Waals surface area contributed by atoms with Crippen molar-refractivity contribution in [1.82, 2.24) is 5.32 Å². The molecule has 0 aliphatic carbocycles. The molecule has 3 nitrogen and oxygen atoms in total. The highest BCUT2D eigenvalue weighted by atomic mass is 16.5. The highest BCUT2D eigenvalue weighted by Gasteiger charge is 2.13. The molecule has 1 N–H and O–H groups in total. The molecule has 1 heterocycles. The van der Waals surface area contributed by atoms with E-state index in [9.17, 15) is 0 Å². The van der Waals surface area contributed by atoms with E-state index < -0.39 is 0 Å². The van der Waals surface area contributed by atoms with Crippen molar-refractivity contribution in [3.05, 3.63) is 24.3 Å². The third-order valence-electron chi connectivity index (χ3n) is 4.06. The Hall–Kier alpha value is -1.22. The fourth-order valence-corrected chi connectivity index (χ4v) is 2.85. The van der Waals surface area contributed by atoms with Crippen molar-refractivity contribution in [1.29, 1.82) is 0 Å². The molecule has 0 atom stereocenters. The standard InChI is InChI=1S/C16H26N2O/c1-18(15-7-3-4-8-16(15)19-2)13-5-6-14-9-11-17-12-10-14/h3-4,7-8,14,17H,5-6,9-13H2,1-2H3. The molecule has 0 amide bonds. The summed E-state index contributed by atoms with van der Waals surface area (Å²) in [5.74, 6) is 1.89. The van der Waals surface area contributed by atoms with E-state index in [1.807, 2.05) is 12.1 Å². The Bertz CT molecular complexity index is 375. The molecule has 19 heavy (non-hydrogen) atoms. The van der Waals surface area contributed by atoms with Crippen LogP contribution in [0.5, 0.6) is 5.75 Å². The molecule has 0 radical (unpaired) electrons. The van der Waals surface area contributed by atoms with Crippen LogP contribution in [-0.2, 0) is 0 Å². The van der Waals surface area contributed by atoms with Crippen LogP contribution in [-0.4, -0.2) is 33.8 Å². The number of hydrogen-bond donors (Lipinski definition) is 1. The Morgan fingerprint density at radius 1 is 1.26 bits per heavy atom. The Kier molecular flexibility index (Phi) is 5.52. The number of ether oxygens (including phenoxy) is 1. The molecule has 0 aromatic heterocycles. The molecular formula is C16H26N2O. The highest BCUT2D eigenvalue weighted by Crippen LogP contribution is 2.27. The topological polar surface area (TPSA) is 24.5 Å². The lowest BCUT2D eigenvalue weighted by molar-refractivity contribution is 0.348. The summed E-state index contributed by atoms with van der Waals surface area (Å²) in [6.45, 7) is 3.50. The number of methoxy groups -OCH3 is 1. The minimum Gasteiger partial charge on any atom is -0.495 e. The van der Waals surface area contributed by atoms with Crippen molar-refractivity contribution in [3.8, 4) is 5.75 Å². The van der Waals surface area contributed by atoms with Gasteiger partial charge >= 0.3 is 0 Å². The van der Waals surface area contributed by atoms with Gasteiger partial charge in [-0.1, -0.05) is 12.1 Å². The van der Waals surface area contributed by atoms with Gasteiger partial charge in [0.1, 0.15) is 5.75 Å². The molecule has 0 spiro atoms. The normalized spacial score (nSPS) is 16.3. The zero-order valence-corrected chi connectivity index (χ0v) is 12.2. The maximum atomic E-state index is 5.41. The SMILES string of the molecule is COc1ccccc1N(C)CCCC1CCNCC1. The first-order valence-corrected chi connectivity index (χ1v) is 7.36. The van der Waals surface area contributed by atoms with Crippen molar-refractivity contribution in [2.24, 2.45) is 5.92 Å². The molecule has 1 aromatic carbocycles. The summed E-state index contributed by atoms with van der Waals surface area (Å²) in [6.07, 6.45) is 5.30. The van der Waals surface area contributed by atoms with Crippen molar-refractivity contribution in [3.63, 3.8) is 0 Å². The molecule has 1 fully saturated rings. The predicted molar refractivity (Wildman–Crippen MR) is 81.1 cm³/mol. The summed E-state index contributed by atoms with van der Waals surface area (Å²) in [4.78, 5) is 2.31. The monoisotopic (exact) mass is 262 g/mol. The summed E-state index contributed by atoms with van der Waals surface area (Å²) >= 11 is 0. The quantitative estimate of drug-likeness (QED) is 0.853. The zero-order chi connectivity index (χ0) is 13.5. The van der Waals surface area contributed by atoms with Gasteiger partial charge in [-0.15, -0.1) is 0 Å². The van der Waals surface area contributed by atoms with Gasteiger partial charge in [-0.2, -0.15) is 0 Å². The third-order valence-corrected chi connectivity index (χ3v) is 4.06. The van der Waals surface area contributed by atoms with Gasteiger partial charge < -0.3 is 15.0 Å². The summed E-state index contributed by atoms with van der Waals surface area (Å²) in [7, 11) is 3.89. The van der Waals surface area contributed by atoms with Crippen LogP contribution >= 0.6 is 0 Å². The number of nitrogens with one attached hydrogen (secondary N) is 1. The van der Waals surface area contributed by atoms with Gasteiger partial charge in [0, 0.05) is 13.6 Å². The molecule has 0 saturated carbocycles. The van der Waals surface area contributed by atoms with E-state index in [2.05, 4.69) is 29.4 Å². The average molecular weight is 262 g/mol. The van der Waals surface area contributed by atoms with Gasteiger partial charge in [0.15, 0.2) is 0 Å². The number of nitrogens with zero attached hydrogens (tertiary/aromatic N) is 1. The van der Waals surface area contributed by atoms with Crippen LogP contribution < -0.4 is 15.0 Å². The third kappa shape index (κ3) is 4.13. The van der Waals surface area contributed by atoms with Gasteiger partial charge in [-0.3, -0.25) is 0 Å². The molecule has 1 aromatic rings. The largest absolute Gasteiger partial charge is 0.495 e. The first kappa shape index (κ1) is 14.2. The van der Waals surface area contributed by atoms with Gasteiger partial charge in [0.2, 0.25) is 0 Å². The van der Waals surface area contributed by atoms with Crippen molar-refractivity contribution in [2.75, 3.05) is 38.7 Å². The van der Waals surface area contributed by atoms with Crippen molar-refractivity contribution in [2.45, 2.75) is 25.7 Å². The molecule has 0 bridgehead atoms. The van der Waals surface area contributed by atoms with E-state index in [0.717, 1.165) is 18.2 Å². The molecule has 1 aliphatic heterocycles. The lowest BCUT2D eigenvalue weighted by Gasteiger charge is -2.25. The molecule has 106 valence electrons. The van der Waals surface area contributed by atoms with Crippen LogP contribution in [0.25, 0.3) is 0 Å². The zero-order valence-electron chi connectivity index (χ0n) is 12.2. The number of rotatable bonds is 6. The summed E-state index contributed by atoms with van der Waals surface area (Å²) in [5, 5.41) is 3.43. The first-order chi connectivity index (χ1) is 9.31. The summed E-state index contributed by atoms with van der Waals surface area (Å²) in [5.41, 5.74) is 1.19. The second kappa shape index (κ2) is 7.39. The van der Waals surface area contributed by atoms with Gasteiger partial charge in [0.05, 0.1) is 12.8 Å². The molecule has 2 rings (SSSR count). The second-order valence-corrected chi connectivity index (χ2v) is 5.43. The summed E-state index contributed by atoms with van der Waals surface area (Å²) < 4.78 is 5.41. The number of anilines is 1. The Balaban J connectivity index is 1.78. The molecule has 1 saturated heterocycles. The van der Waals surface area contributed by atoms with E-state index in [-0.39, 0.29) is 0 Å². The van der Waals surface area contributed by atoms with Crippen molar-refractivity contribution < 1.29 is 4.74 Å². The minimum absolute atomic E-state index is 0.923. The van der Waals surface area contributed by atoms with Crippen molar-refractivity contribution >= 4 is 5.69 Å². The lowest BCUT2D eigenvalue weighted by atomic mass is 9.93. The molecule has 0 unspecified atom stereocenters. The fourth-order valence-electron chi connectivity index (χ4n) is 2.85. The summed E-state index contributed by atoms with van der Waals surface area (Å²) in [6, 6.07) is 8.24. The smallest absolute Gasteiger partial charge is 0.142 e. The number of para-hydroxylation sites is 2. The van der Waals surface area contributed by atoms with E-state index in [4.69, 9.17) is 4.74 Å². The fraction of sp³-hybridized carbons (Fsp3) is 0.625. The predicted octanol–water partition coefficient (Wildman–Crippen LogP) is 2.91. The van der Waals surface area contributed by atoms with Gasteiger partial charge in [0.25, 0.3) is 0 Å². The second-order valence-electron chi connectivity index (χ2n) is 5.43. The van der Waals surface area contributed by atoms with Gasteiger partial charge in [-0.05, 0) is 56.8 Å². The van der Waals surface area contributed by atoms with Crippen LogP contribution in [0.3, 0.4) is 0 Å². The van der Waals surface area contributed by atoms with Crippen LogP contribution in [0.1, 0.15) is 25.7 Å². The number of piperidine rings is 1. The maximum absolute atomic E-state index is 5.41. The Morgan fingerprint density at radius 3 is 2.74 bits per heavy atom. The van der Waals surface area contributed by atoms with E-state index in [1.165, 1.54) is 44.5 Å². The molecular weight excluding hydrogens is 236 g/mol. The van der Waals surface area contributed by atoms with Crippen LogP contribution in [0.2, 0.25) is 0 Å². The highest BCUT2D eigenvalue weighted by molar-refractivity contribution is 5.57. The molecule has 1 aliphatic rings. The average Bonchev–Trinajstić information content (AvgIpc) is 2.48. The maximum Gasteiger partial charge on any atom is 0.142 e. The Labute approximate surface area is 116 Å². The Morgan fingerprint density at radius 2 is 2.00 bits per heavy atom. The first-order valence-electron chi connectivity index (χ1n) is 7.36. The minimum atomic E-state index is 0.923. The van der Waals surface area contributed by atoms with Crippen LogP contribution in [0, 0.1) is 5.92 Å². The van der Waals surface area contributed by atoms with Crippen LogP contribution in [0.15, 0.2) is 24.3 Å². The van der Waals surface area contributed by atoms with E-state index in [0.29, 0.717) is 0 Å². The lowest BCUT2D eigenvalue weighted by Crippen LogP contribution is -2.28. The van der Waals surface area contributed by atoms with E-state index >= 15 is 0 Å². The number of hydrogen-bond acceptors (Lipinski definition) is 3. The van der Waals surface area contributed by atoms with E-state index in [1.54, 1.807) is 7.11 Å². The van der Waals surface area contributed by atoms with Gasteiger partial charge in [-0.25, -0.2) is 0 Å². The number of benzene rings is 1. The molecule has 3 heteroatoms.